The predicted octanol–water partition coefficient (Wildman–Crippen LogP) is 2.64. The topological polar surface area (TPSA) is 34.6 Å². The van der Waals surface area contributed by atoms with Crippen LogP contribution < -0.4 is 0 Å². The molecule has 2 fully saturated rings. The fraction of sp³-hybridized carbons (Fsp3) is 0.533. The summed E-state index contributed by atoms with van der Waals surface area (Å²) in [5, 5.41) is 2.09. The number of rotatable bonds is 2. The van der Waals surface area contributed by atoms with Crippen LogP contribution >= 0.6 is 11.3 Å². The second-order valence-electron chi connectivity index (χ2n) is 5.57. The highest BCUT2D eigenvalue weighted by atomic mass is 32.1. The molecule has 106 valence electrons. The standard InChI is InChI=1S/C15H18N2O2S/c1-3-15(18-5-6-19-15)11-17(4-1)10-12-8-14-13(16-9-12)2-7-20-14/h2,7-9H,1,3-6,10-11H2. The van der Waals surface area contributed by atoms with Crippen molar-refractivity contribution in [3.63, 3.8) is 0 Å². The van der Waals surface area contributed by atoms with Crippen LogP contribution in [-0.4, -0.2) is 42.0 Å². The lowest BCUT2D eigenvalue weighted by molar-refractivity contribution is -0.190. The van der Waals surface area contributed by atoms with Crippen LogP contribution in [0.2, 0.25) is 0 Å². The molecule has 4 heterocycles. The van der Waals surface area contributed by atoms with E-state index in [4.69, 9.17) is 9.47 Å². The first kappa shape index (κ1) is 12.7. The Morgan fingerprint density at radius 1 is 1.35 bits per heavy atom. The van der Waals surface area contributed by atoms with E-state index in [9.17, 15) is 0 Å². The van der Waals surface area contributed by atoms with Crippen molar-refractivity contribution in [3.05, 3.63) is 29.3 Å². The maximum Gasteiger partial charge on any atom is 0.181 e. The fourth-order valence-corrected chi connectivity index (χ4v) is 3.97. The van der Waals surface area contributed by atoms with E-state index in [2.05, 4.69) is 27.4 Å². The third-order valence-electron chi connectivity index (χ3n) is 4.08. The second-order valence-corrected chi connectivity index (χ2v) is 6.52. The molecular formula is C15H18N2O2S. The maximum atomic E-state index is 5.83. The zero-order valence-corrected chi connectivity index (χ0v) is 12.2. The molecule has 0 radical (unpaired) electrons. The molecule has 2 aliphatic heterocycles. The Bertz CT molecular complexity index is 607. The molecule has 0 N–H and O–H groups in total. The number of pyridine rings is 1. The molecule has 20 heavy (non-hydrogen) atoms. The lowest BCUT2D eigenvalue weighted by atomic mass is 10.0. The molecule has 1 spiro atoms. The maximum absolute atomic E-state index is 5.83. The van der Waals surface area contributed by atoms with Gasteiger partial charge in [-0.3, -0.25) is 9.88 Å². The highest BCUT2D eigenvalue weighted by Crippen LogP contribution is 2.31. The molecule has 4 rings (SSSR count). The molecule has 0 amide bonds. The minimum atomic E-state index is -0.335. The molecule has 0 bridgehead atoms. The summed E-state index contributed by atoms with van der Waals surface area (Å²) in [7, 11) is 0. The Labute approximate surface area is 122 Å². The molecule has 0 aromatic carbocycles. The predicted molar refractivity (Wildman–Crippen MR) is 78.8 cm³/mol. The average molecular weight is 290 g/mol. The SMILES string of the molecule is c1cc2ncc(CN3CCCC4(C3)OCCO4)cc2s1. The molecule has 0 aliphatic carbocycles. The summed E-state index contributed by atoms with van der Waals surface area (Å²) in [6.45, 7) is 4.37. The number of fused-ring (bicyclic) bond motifs is 1. The van der Waals surface area contributed by atoms with Gasteiger partial charge < -0.3 is 9.47 Å². The number of aromatic nitrogens is 1. The Balaban J connectivity index is 1.50. The minimum Gasteiger partial charge on any atom is -0.346 e. The molecule has 0 atom stereocenters. The Hall–Kier alpha value is -1.01. The van der Waals surface area contributed by atoms with E-state index in [0.29, 0.717) is 0 Å². The van der Waals surface area contributed by atoms with Gasteiger partial charge in [0.1, 0.15) is 0 Å². The van der Waals surface area contributed by atoms with E-state index < -0.39 is 0 Å². The third-order valence-corrected chi connectivity index (χ3v) is 4.93. The molecule has 2 saturated heterocycles. The van der Waals surface area contributed by atoms with E-state index in [-0.39, 0.29) is 5.79 Å². The van der Waals surface area contributed by atoms with Crippen molar-refractivity contribution in [1.29, 1.82) is 0 Å². The molecule has 5 heteroatoms. The van der Waals surface area contributed by atoms with Crippen LogP contribution in [0.5, 0.6) is 0 Å². The minimum absolute atomic E-state index is 0.335. The van der Waals surface area contributed by atoms with Crippen molar-refractivity contribution < 1.29 is 9.47 Å². The smallest absolute Gasteiger partial charge is 0.181 e. The number of likely N-dealkylation sites (tertiary alicyclic amines) is 1. The van der Waals surface area contributed by atoms with Gasteiger partial charge in [0.2, 0.25) is 0 Å². The molecule has 4 nitrogen and oxygen atoms in total. The van der Waals surface area contributed by atoms with Crippen LogP contribution in [0, 0.1) is 0 Å². The van der Waals surface area contributed by atoms with Crippen molar-refractivity contribution in [2.24, 2.45) is 0 Å². The molecule has 0 unspecified atom stereocenters. The Kier molecular flexibility index (Phi) is 3.22. The highest BCUT2D eigenvalue weighted by molar-refractivity contribution is 7.17. The van der Waals surface area contributed by atoms with Gasteiger partial charge in [-0.05, 0) is 36.0 Å². The van der Waals surface area contributed by atoms with Crippen molar-refractivity contribution in [2.45, 2.75) is 25.2 Å². The van der Waals surface area contributed by atoms with Crippen LogP contribution in [0.3, 0.4) is 0 Å². The van der Waals surface area contributed by atoms with Crippen molar-refractivity contribution in [3.8, 4) is 0 Å². The van der Waals surface area contributed by atoms with Gasteiger partial charge in [0.25, 0.3) is 0 Å². The van der Waals surface area contributed by atoms with Crippen molar-refractivity contribution in [2.75, 3.05) is 26.3 Å². The molecule has 2 aliphatic rings. The van der Waals surface area contributed by atoms with E-state index in [1.807, 2.05) is 6.20 Å². The van der Waals surface area contributed by atoms with E-state index in [1.165, 1.54) is 10.3 Å². The van der Waals surface area contributed by atoms with Gasteiger partial charge in [0, 0.05) is 19.2 Å². The normalized spacial score (nSPS) is 22.8. The third kappa shape index (κ3) is 2.35. The Morgan fingerprint density at radius 2 is 2.25 bits per heavy atom. The van der Waals surface area contributed by atoms with Crippen molar-refractivity contribution >= 4 is 21.6 Å². The number of hydrogen-bond donors (Lipinski definition) is 0. The van der Waals surface area contributed by atoms with Gasteiger partial charge in [-0.2, -0.15) is 0 Å². The first-order valence-electron chi connectivity index (χ1n) is 7.15. The van der Waals surface area contributed by atoms with Crippen LogP contribution in [0.4, 0.5) is 0 Å². The second kappa shape index (κ2) is 5.07. The summed E-state index contributed by atoms with van der Waals surface area (Å²) >= 11 is 1.75. The number of ether oxygens (including phenoxy) is 2. The van der Waals surface area contributed by atoms with E-state index in [0.717, 1.165) is 51.2 Å². The van der Waals surface area contributed by atoms with Crippen LogP contribution in [0.1, 0.15) is 18.4 Å². The summed E-state index contributed by atoms with van der Waals surface area (Å²) in [6, 6.07) is 4.32. The molecular weight excluding hydrogens is 272 g/mol. The lowest BCUT2D eigenvalue weighted by Gasteiger charge is -2.38. The van der Waals surface area contributed by atoms with Crippen molar-refractivity contribution in [1.82, 2.24) is 9.88 Å². The van der Waals surface area contributed by atoms with Gasteiger partial charge in [0.15, 0.2) is 5.79 Å². The first-order valence-corrected chi connectivity index (χ1v) is 8.03. The number of piperidine rings is 1. The van der Waals surface area contributed by atoms with E-state index in [1.54, 1.807) is 11.3 Å². The van der Waals surface area contributed by atoms with Gasteiger partial charge >= 0.3 is 0 Å². The summed E-state index contributed by atoms with van der Waals surface area (Å²) in [5.74, 6) is -0.335. The number of nitrogens with zero attached hydrogens (tertiary/aromatic N) is 2. The molecule has 0 saturated carbocycles. The summed E-state index contributed by atoms with van der Waals surface area (Å²) in [6.07, 6.45) is 4.15. The van der Waals surface area contributed by atoms with Gasteiger partial charge in [-0.25, -0.2) is 0 Å². The summed E-state index contributed by atoms with van der Waals surface area (Å²) < 4.78 is 12.9. The van der Waals surface area contributed by atoms with Gasteiger partial charge in [-0.1, -0.05) is 0 Å². The van der Waals surface area contributed by atoms with E-state index >= 15 is 0 Å². The zero-order valence-electron chi connectivity index (χ0n) is 11.4. The van der Waals surface area contributed by atoms with Gasteiger partial charge in [-0.15, -0.1) is 11.3 Å². The quantitative estimate of drug-likeness (QED) is 0.851. The van der Waals surface area contributed by atoms with Crippen LogP contribution in [0.15, 0.2) is 23.7 Å². The number of hydrogen-bond acceptors (Lipinski definition) is 5. The molecule has 2 aromatic heterocycles. The highest BCUT2D eigenvalue weighted by Gasteiger charge is 2.40. The average Bonchev–Trinajstić information content (AvgIpc) is 3.08. The number of thiophene rings is 1. The van der Waals surface area contributed by atoms with Crippen LogP contribution in [0.25, 0.3) is 10.2 Å². The monoisotopic (exact) mass is 290 g/mol. The fourth-order valence-electron chi connectivity index (χ4n) is 3.17. The Morgan fingerprint density at radius 3 is 3.15 bits per heavy atom. The first-order chi connectivity index (χ1) is 9.83. The largest absolute Gasteiger partial charge is 0.346 e. The van der Waals surface area contributed by atoms with Crippen LogP contribution in [-0.2, 0) is 16.0 Å². The summed E-state index contributed by atoms with van der Waals surface area (Å²) in [4.78, 5) is 6.94. The molecule has 2 aromatic rings. The summed E-state index contributed by atoms with van der Waals surface area (Å²) in [5.41, 5.74) is 2.37. The lowest BCUT2D eigenvalue weighted by Crippen LogP contribution is -2.48. The zero-order chi connectivity index (χ0) is 13.4. The van der Waals surface area contributed by atoms with Gasteiger partial charge in [0.05, 0.1) is 30.0 Å².